The van der Waals surface area contributed by atoms with Crippen LogP contribution in [0.1, 0.15) is 20.3 Å². The molecule has 0 radical (unpaired) electrons. The molecule has 0 aliphatic rings. The molecule has 0 amide bonds. The van der Waals surface area contributed by atoms with Crippen LogP contribution < -0.4 is 9.47 Å². The highest BCUT2D eigenvalue weighted by Gasteiger charge is 2.06. The maximum atomic E-state index is 5.50. The van der Waals surface area contributed by atoms with Crippen molar-refractivity contribution in [3.8, 4) is 11.6 Å². The summed E-state index contributed by atoms with van der Waals surface area (Å²) in [7, 11) is 0. The zero-order valence-electron chi connectivity index (χ0n) is 8.42. The molecule has 0 atom stereocenters. The molecule has 0 aromatic carbocycles. The van der Waals surface area contributed by atoms with E-state index in [0.717, 1.165) is 10.9 Å². The van der Waals surface area contributed by atoms with E-state index in [1.54, 1.807) is 6.20 Å². The lowest BCUT2D eigenvalue weighted by Gasteiger charge is -2.09. The lowest BCUT2D eigenvalue weighted by atomic mass is 10.4. The smallest absolute Gasteiger partial charge is 0.257 e. The van der Waals surface area contributed by atoms with Gasteiger partial charge in [-0.3, -0.25) is 0 Å². The number of nitrogens with zero attached hydrogens (tertiary/aromatic N) is 1. The molecule has 3 nitrogen and oxygen atoms in total. The number of hydrogen-bond acceptors (Lipinski definition) is 3. The molecule has 0 fully saturated rings. The Kier molecular flexibility index (Phi) is 4.73. The van der Waals surface area contributed by atoms with Crippen molar-refractivity contribution in [3.05, 3.63) is 16.7 Å². The summed E-state index contributed by atoms with van der Waals surface area (Å²) >= 11 is 3.34. The number of hydrogen-bond donors (Lipinski definition) is 0. The van der Waals surface area contributed by atoms with Crippen LogP contribution >= 0.6 is 15.9 Å². The SMILES string of the molecule is CCCOc1cc(Br)cnc1OCC. The number of rotatable bonds is 5. The summed E-state index contributed by atoms with van der Waals surface area (Å²) in [6.45, 7) is 5.26. The van der Waals surface area contributed by atoms with Gasteiger partial charge in [-0.2, -0.15) is 0 Å². The van der Waals surface area contributed by atoms with E-state index in [9.17, 15) is 0 Å². The molecule has 0 saturated heterocycles. The van der Waals surface area contributed by atoms with E-state index >= 15 is 0 Å². The average Bonchev–Trinajstić information content (AvgIpc) is 2.18. The first kappa shape index (κ1) is 11.3. The molecule has 4 heteroatoms. The Bertz CT molecular complexity index is 291. The fraction of sp³-hybridized carbons (Fsp3) is 0.500. The van der Waals surface area contributed by atoms with E-state index in [4.69, 9.17) is 9.47 Å². The summed E-state index contributed by atoms with van der Waals surface area (Å²) in [6.07, 6.45) is 2.67. The van der Waals surface area contributed by atoms with E-state index in [1.165, 1.54) is 0 Å². The Balaban J connectivity index is 2.79. The molecule has 0 N–H and O–H groups in total. The van der Waals surface area contributed by atoms with Crippen LogP contribution in [0.3, 0.4) is 0 Å². The van der Waals surface area contributed by atoms with Crippen molar-refractivity contribution in [3.63, 3.8) is 0 Å². The summed E-state index contributed by atoms with van der Waals surface area (Å²) in [5.74, 6) is 1.26. The third kappa shape index (κ3) is 3.18. The molecule has 1 heterocycles. The van der Waals surface area contributed by atoms with Gasteiger partial charge in [-0.1, -0.05) is 6.92 Å². The van der Waals surface area contributed by atoms with Crippen LogP contribution in [-0.2, 0) is 0 Å². The lowest BCUT2D eigenvalue weighted by molar-refractivity contribution is 0.268. The van der Waals surface area contributed by atoms with Crippen LogP contribution in [0.2, 0.25) is 0 Å². The lowest BCUT2D eigenvalue weighted by Crippen LogP contribution is -2.01. The first-order valence-electron chi connectivity index (χ1n) is 4.69. The van der Waals surface area contributed by atoms with Crippen LogP contribution in [-0.4, -0.2) is 18.2 Å². The first-order chi connectivity index (χ1) is 6.77. The van der Waals surface area contributed by atoms with Gasteiger partial charge in [0.1, 0.15) is 0 Å². The third-order valence-corrected chi connectivity index (χ3v) is 1.96. The van der Waals surface area contributed by atoms with Crippen molar-refractivity contribution in [1.29, 1.82) is 0 Å². The topological polar surface area (TPSA) is 31.4 Å². The van der Waals surface area contributed by atoms with Crippen molar-refractivity contribution in [2.45, 2.75) is 20.3 Å². The third-order valence-electron chi connectivity index (χ3n) is 1.53. The van der Waals surface area contributed by atoms with Gasteiger partial charge in [-0.25, -0.2) is 4.98 Å². The highest BCUT2D eigenvalue weighted by Crippen LogP contribution is 2.27. The van der Waals surface area contributed by atoms with Crippen molar-refractivity contribution in [2.75, 3.05) is 13.2 Å². The van der Waals surface area contributed by atoms with Gasteiger partial charge >= 0.3 is 0 Å². The number of pyridine rings is 1. The molecule has 0 aliphatic heterocycles. The highest BCUT2D eigenvalue weighted by atomic mass is 79.9. The largest absolute Gasteiger partial charge is 0.488 e. The summed E-state index contributed by atoms with van der Waals surface area (Å²) in [4.78, 5) is 4.13. The summed E-state index contributed by atoms with van der Waals surface area (Å²) in [5, 5.41) is 0. The van der Waals surface area contributed by atoms with Crippen molar-refractivity contribution < 1.29 is 9.47 Å². The normalized spacial score (nSPS) is 9.93. The minimum atomic E-state index is 0.559. The van der Waals surface area contributed by atoms with E-state index in [0.29, 0.717) is 24.8 Å². The number of ether oxygens (including phenoxy) is 2. The van der Waals surface area contributed by atoms with Crippen molar-refractivity contribution in [2.24, 2.45) is 0 Å². The second-order valence-electron chi connectivity index (χ2n) is 2.74. The van der Waals surface area contributed by atoms with Gasteiger partial charge in [0.05, 0.1) is 13.2 Å². The van der Waals surface area contributed by atoms with Crippen LogP contribution in [0.25, 0.3) is 0 Å². The zero-order chi connectivity index (χ0) is 10.4. The van der Waals surface area contributed by atoms with Crippen molar-refractivity contribution in [1.82, 2.24) is 4.98 Å². The van der Waals surface area contributed by atoms with Crippen LogP contribution in [0.15, 0.2) is 16.7 Å². The quantitative estimate of drug-likeness (QED) is 0.815. The Morgan fingerprint density at radius 3 is 2.79 bits per heavy atom. The molecule has 1 aromatic rings. The predicted octanol–water partition coefficient (Wildman–Crippen LogP) is 3.03. The van der Waals surface area contributed by atoms with Gasteiger partial charge < -0.3 is 9.47 Å². The summed E-state index contributed by atoms with van der Waals surface area (Å²) < 4.78 is 11.7. The van der Waals surface area contributed by atoms with Gasteiger partial charge in [0.25, 0.3) is 5.88 Å². The molecule has 0 unspecified atom stereocenters. The molecule has 1 aromatic heterocycles. The molecular formula is C10H14BrNO2. The summed E-state index contributed by atoms with van der Waals surface area (Å²) in [6, 6.07) is 1.87. The van der Waals surface area contributed by atoms with Crippen LogP contribution in [0, 0.1) is 0 Å². The maximum Gasteiger partial charge on any atom is 0.257 e. The van der Waals surface area contributed by atoms with E-state index in [1.807, 2.05) is 13.0 Å². The monoisotopic (exact) mass is 259 g/mol. The van der Waals surface area contributed by atoms with Gasteiger partial charge in [0.15, 0.2) is 5.75 Å². The molecule has 0 aliphatic carbocycles. The second kappa shape index (κ2) is 5.86. The predicted molar refractivity (Wildman–Crippen MR) is 58.9 cm³/mol. The maximum absolute atomic E-state index is 5.50. The highest BCUT2D eigenvalue weighted by molar-refractivity contribution is 9.10. The fourth-order valence-corrected chi connectivity index (χ4v) is 1.28. The van der Waals surface area contributed by atoms with Gasteiger partial charge in [0, 0.05) is 16.7 Å². The second-order valence-corrected chi connectivity index (χ2v) is 3.65. The molecular weight excluding hydrogens is 246 g/mol. The molecule has 1 rings (SSSR count). The van der Waals surface area contributed by atoms with Crippen LogP contribution in [0.5, 0.6) is 11.6 Å². The Hall–Kier alpha value is -0.770. The minimum Gasteiger partial charge on any atom is -0.488 e. The van der Waals surface area contributed by atoms with Crippen molar-refractivity contribution >= 4 is 15.9 Å². The zero-order valence-corrected chi connectivity index (χ0v) is 10.0. The van der Waals surface area contributed by atoms with Gasteiger partial charge in [0.2, 0.25) is 0 Å². The van der Waals surface area contributed by atoms with E-state index in [2.05, 4.69) is 27.8 Å². The molecule has 14 heavy (non-hydrogen) atoms. The first-order valence-corrected chi connectivity index (χ1v) is 5.48. The summed E-state index contributed by atoms with van der Waals surface area (Å²) in [5.41, 5.74) is 0. The van der Waals surface area contributed by atoms with Gasteiger partial charge in [-0.05, 0) is 29.3 Å². The van der Waals surface area contributed by atoms with Crippen LogP contribution in [0.4, 0.5) is 0 Å². The number of halogens is 1. The molecule has 0 bridgehead atoms. The Morgan fingerprint density at radius 2 is 2.14 bits per heavy atom. The molecule has 0 spiro atoms. The molecule has 0 saturated carbocycles. The minimum absolute atomic E-state index is 0.559. The standard InChI is InChI=1S/C10H14BrNO2/c1-3-5-14-9-6-8(11)7-12-10(9)13-4-2/h6-7H,3-5H2,1-2H3. The Morgan fingerprint density at radius 1 is 1.36 bits per heavy atom. The van der Waals surface area contributed by atoms with E-state index in [-0.39, 0.29) is 0 Å². The molecule has 78 valence electrons. The van der Waals surface area contributed by atoms with Gasteiger partial charge in [-0.15, -0.1) is 0 Å². The number of aromatic nitrogens is 1. The average molecular weight is 260 g/mol. The van der Waals surface area contributed by atoms with E-state index < -0.39 is 0 Å². The Labute approximate surface area is 92.6 Å². The fourth-order valence-electron chi connectivity index (χ4n) is 0.969.